The van der Waals surface area contributed by atoms with Crippen molar-refractivity contribution in [1.82, 2.24) is 5.32 Å². The van der Waals surface area contributed by atoms with Gasteiger partial charge in [0.1, 0.15) is 5.75 Å². The van der Waals surface area contributed by atoms with Crippen LogP contribution < -0.4 is 10.1 Å². The number of ether oxygens (including phenoxy) is 1. The number of aryl methyl sites for hydroxylation is 2. The lowest BCUT2D eigenvalue weighted by molar-refractivity contribution is 0.203. The molecule has 4 heteroatoms. The standard InChI is InChI=1S/C10H13NO2S/c1-6-4-8(13-10(12)11-3)5-7(2)9(6)14/h4-5,14H,1-3H3,(H,11,12). The van der Waals surface area contributed by atoms with E-state index < -0.39 is 6.09 Å². The molecule has 0 bridgehead atoms. The summed E-state index contributed by atoms with van der Waals surface area (Å²) >= 11 is 4.32. The Morgan fingerprint density at radius 1 is 1.36 bits per heavy atom. The Morgan fingerprint density at radius 2 is 1.86 bits per heavy atom. The smallest absolute Gasteiger partial charge is 0.410 e. The molecular formula is C10H13NO2S. The minimum atomic E-state index is -0.462. The van der Waals surface area contributed by atoms with Crippen LogP contribution in [0.1, 0.15) is 11.1 Å². The van der Waals surface area contributed by atoms with Gasteiger partial charge in [-0.1, -0.05) is 0 Å². The van der Waals surface area contributed by atoms with Crippen molar-refractivity contribution in [2.75, 3.05) is 7.05 Å². The van der Waals surface area contributed by atoms with Gasteiger partial charge in [0.25, 0.3) is 0 Å². The number of carbonyl (C=O) groups excluding carboxylic acids is 1. The monoisotopic (exact) mass is 211 g/mol. The van der Waals surface area contributed by atoms with Gasteiger partial charge in [-0.3, -0.25) is 0 Å². The predicted octanol–water partition coefficient (Wildman–Crippen LogP) is 2.31. The van der Waals surface area contributed by atoms with Gasteiger partial charge in [0.15, 0.2) is 0 Å². The van der Waals surface area contributed by atoms with E-state index in [-0.39, 0.29) is 0 Å². The van der Waals surface area contributed by atoms with Crippen LogP contribution >= 0.6 is 12.6 Å². The molecule has 0 unspecified atom stereocenters. The molecule has 1 rings (SSSR count). The van der Waals surface area contributed by atoms with E-state index in [1.165, 1.54) is 7.05 Å². The first-order valence-corrected chi connectivity index (χ1v) is 4.69. The topological polar surface area (TPSA) is 38.3 Å². The molecule has 0 aliphatic heterocycles. The van der Waals surface area contributed by atoms with Crippen molar-refractivity contribution < 1.29 is 9.53 Å². The van der Waals surface area contributed by atoms with E-state index in [1.807, 2.05) is 13.8 Å². The quantitative estimate of drug-likeness (QED) is 0.700. The minimum absolute atomic E-state index is 0.462. The van der Waals surface area contributed by atoms with Crippen molar-refractivity contribution >= 4 is 18.7 Å². The summed E-state index contributed by atoms with van der Waals surface area (Å²) in [5.41, 5.74) is 1.99. The van der Waals surface area contributed by atoms with Crippen LogP contribution in [-0.2, 0) is 0 Å². The first kappa shape index (κ1) is 10.9. The maximum atomic E-state index is 10.9. The second kappa shape index (κ2) is 4.37. The summed E-state index contributed by atoms with van der Waals surface area (Å²) in [5.74, 6) is 0.539. The molecule has 76 valence electrons. The van der Waals surface area contributed by atoms with Crippen molar-refractivity contribution in [3.63, 3.8) is 0 Å². The molecule has 1 N–H and O–H groups in total. The van der Waals surface area contributed by atoms with Crippen molar-refractivity contribution in [3.05, 3.63) is 23.3 Å². The van der Waals surface area contributed by atoms with Gasteiger partial charge in [0.2, 0.25) is 0 Å². The Labute approximate surface area is 88.9 Å². The summed E-state index contributed by atoms with van der Waals surface area (Å²) in [5, 5.41) is 2.39. The molecule has 1 amide bonds. The molecular weight excluding hydrogens is 198 g/mol. The van der Waals surface area contributed by atoms with Crippen LogP contribution in [0.5, 0.6) is 5.75 Å². The molecule has 0 aliphatic carbocycles. The summed E-state index contributed by atoms with van der Waals surface area (Å²) in [6.07, 6.45) is -0.462. The second-order valence-electron chi connectivity index (χ2n) is 3.05. The number of thiol groups is 1. The maximum absolute atomic E-state index is 10.9. The van der Waals surface area contributed by atoms with E-state index in [2.05, 4.69) is 17.9 Å². The van der Waals surface area contributed by atoms with Gasteiger partial charge in [0, 0.05) is 11.9 Å². The number of hydrogen-bond donors (Lipinski definition) is 2. The number of carbonyl (C=O) groups is 1. The highest BCUT2D eigenvalue weighted by Crippen LogP contribution is 2.24. The molecule has 0 spiro atoms. The average Bonchev–Trinajstić information content (AvgIpc) is 2.14. The minimum Gasteiger partial charge on any atom is -0.410 e. The Bertz CT molecular complexity index is 340. The largest absolute Gasteiger partial charge is 0.412 e. The third-order valence-electron chi connectivity index (χ3n) is 1.88. The Balaban J connectivity index is 2.95. The van der Waals surface area contributed by atoms with E-state index >= 15 is 0 Å². The summed E-state index contributed by atoms with van der Waals surface area (Å²) in [7, 11) is 1.52. The molecule has 0 saturated carbocycles. The molecule has 1 aromatic carbocycles. The molecule has 1 aromatic rings. The summed E-state index contributed by atoms with van der Waals surface area (Å²) < 4.78 is 5.00. The third kappa shape index (κ3) is 2.42. The number of hydrogen-bond acceptors (Lipinski definition) is 3. The third-order valence-corrected chi connectivity index (χ3v) is 2.58. The fraction of sp³-hybridized carbons (Fsp3) is 0.300. The zero-order valence-electron chi connectivity index (χ0n) is 8.42. The lowest BCUT2D eigenvalue weighted by atomic mass is 10.1. The van der Waals surface area contributed by atoms with Gasteiger partial charge in [0.05, 0.1) is 0 Å². The number of benzene rings is 1. The van der Waals surface area contributed by atoms with Gasteiger partial charge in [-0.15, -0.1) is 12.6 Å². The Kier molecular flexibility index (Phi) is 3.41. The zero-order valence-corrected chi connectivity index (χ0v) is 9.31. The van der Waals surface area contributed by atoms with Gasteiger partial charge in [-0.2, -0.15) is 0 Å². The highest BCUT2D eigenvalue weighted by molar-refractivity contribution is 7.80. The summed E-state index contributed by atoms with van der Waals surface area (Å²) in [6, 6.07) is 3.56. The average molecular weight is 211 g/mol. The van der Waals surface area contributed by atoms with E-state index in [0.717, 1.165) is 16.0 Å². The SMILES string of the molecule is CNC(=O)Oc1cc(C)c(S)c(C)c1. The molecule has 0 radical (unpaired) electrons. The molecule has 0 aliphatic rings. The van der Waals surface area contributed by atoms with Crippen molar-refractivity contribution in [2.45, 2.75) is 18.7 Å². The van der Waals surface area contributed by atoms with Crippen LogP contribution in [0.4, 0.5) is 4.79 Å². The fourth-order valence-corrected chi connectivity index (χ4v) is 1.26. The molecule has 14 heavy (non-hydrogen) atoms. The molecule has 0 atom stereocenters. The second-order valence-corrected chi connectivity index (χ2v) is 3.49. The van der Waals surface area contributed by atoms with E-state index in [9.17, 15) is 4.79 Å². The van der Waals surface area contributed by atoms with Gasteiger partial charge in [-0.25, -0.2) is 4.79 Å². The molecule has 0 heterocycles. The van der Waals surface area contributed by atoms with E-state index in [4.69, 9.17) is 4.74 Å². The number of rotatable bonds is 1. The van der Waals surface area contributed by atoms with Crippen molar-refractivity contribution in [1.29, 1.82) is 0 Å². The Morgan fingerprint density at radius 3 is 2.29 bits per heavy atom. The summed E-state index contributed by atoms with van der Waals surface area (Å²) in [6.45, 7) is 3.85. The first-order chi connectivity index (χ1) is 6.54. The van der Waals surface area contributed by atoms with Gasteiger partial charge >= 0.3 is 6.09 Å². The van der Waals surface area contributed by atoms with Crippen LogP contribution in [0.2, 0.25) is 0 Å². The van der Waals surface area contributed by atoms with Crippen LogP contribution in [-0.4, -0.2) is 13.1 Å². The molecule has 0 saturated heterocycles. The normalized spacial score (nSPS) is 9.71. The molecule has 0 aromatic heterocycles. The maximum Gasteiger partial charge on any atom is 0.412 e. The Hall–Kier alpha value is -1.16. The van der Waals surface area contributed by atoms with Crippen LogP contribution in [0, 0.1) is 13.8 Å². The summed E-state index contributed by atoms with van der Waals surface area (Å²) in [4.78, 5) is 11.9. The van der Waals surface area contributed by atoms with Crippen LogP contribution in [0.15, 0.2) is 17.0 Å². The molecule has 3 nitrogen and oxygen atoms in total. The lowest BCUT2D eigenvalue weighted by Crippen LogP contribution is -2.22. The lowest BCUT2D eigenvalue weighted by Gasteiger charge is -2.08. The number of nitrogens with one attached hydrogen (secondary N) is 1. The van der Waals surface area contributed by atoms with Crippen LogP contribution in [0.3, 0.4) is 0 Å². The van der Waals surface area contributed by atoms with E-state index in [1.54, 1.807) is 12.1 Å². The van der Waals surface area contributed by atoms with Gasteiger partial charge < -0.3 is 10.1 Å². The first-order valence-electron chi connectivity index (χ1n) is 4.24. The number of amides is 1. The highest BCUT2D eigenvalue weighted by Gasteiger charge is 2.05. The van der Waals surface area contributed by atoms with Gasteiger partial charge in [-0.05, 0) is 37.1 Å². The van der Waals surface area contributed by atoms with Crippen molar-refractivity contribution in [3.8, 4) is 5.75 Å². The molecule has 0 fully saturated rings. The van der Waals surface area contributed by atoms with E-state index in [0.29, 0.717) is 5.75 Å². The van der Waals surface area contributed by atoms with Crippen molar-refractivity contribution in [2.24, 2.45) is 0 Å². The van der Waals surface area contributed by atoms with Crippen LogP contribution in [0.25, 0.3) is 0 Å². The zero-order chi connectivity index (χ0) is 10.7. The highest BCUT2D eigenvalue weighted by atomic mass is 32.1. The predicted molar refractivity (Wildman–Crippen MR) is 58.3 cm³/mol. The fourth-order valence-electron chi connectivity index (χ4n) is 1.13.